The first-order valence-corrected chi connectivity index (χ1v) is 7.69. The standard InChI is InChI=1S/C19H16F2O6/c1-25-17-10-13(5-9-16(17)26-11-18(23)24)15(22)8-4-12-2-6-14(7-3-12)27-19(20)21/h2-10,19H,11H2,1H3,(H,23,24). The lowest BCUT2D eigenvalue weighted by Crippen LogP contribution is -2.10. The van der Waals surface area contributed by atoms with Crippen molar-refractivity contribution >= 4 is 17.8 Å². The summed E-state index contributed by atoms with van der Waals surface area (Å²) in [5.41, 5.74) is 0.932. The molecule has 0 radical (unpaired) electrons. The normalized spacial score (nSPS) is 10.8. The monoisotopic (exact) mass is 378 g/mol. The van der Waals surface area contributed by atoms with Crippen molar-refractivity contribution in [2.45, 2.75) is 6.61 Å². The minimum absolute atomic E-state index is 0.0233. The Labute approximate surface area is 153 Å². The molecule has 0 unspecified atom stereocenters. The zero-order valence-corrected chi connectivity index (χ0v) is 14.2. The Hall–Kier alpha value is -3.42. The molecule has 27 heavy (non-hydrogen) atoms. The Morgan fingerprint density at radius 2 is 1.81 bits per heavy atom. The molecule has 0 atom stereocenters. The van der Waals surface area contributed by atoms with E-state index in [0.717, 1.165) is 0 Å². The predicted octanol–water partition coefficient (Wildman–Crippen LogP) is 3.66. The van der Waals surface area contributed by atoms with Crippen molar-refractivity contribution in [3.05, 3.63) is 59.7 Å². The zero-order chi connectivity index (χ0) is 19.8. The quantitative estimate of drug-likeness (QED) is 0.530. The van der Waals surface area contributed by atoms with Gasteiger partial charge in [-0.05, 0) is 42.0 Å². The van der Waals surface area contributed by atoms with Crippen LogP contribution in [-0.2, 0) is 4.79 Å². The number of aliphatic carboxylic acids is 1. The van der Waals surface area contributed by atoms with Crippen LogP contribution in [0.3, 0.4) is 0 Å². The molecule has 2 aromatic rings. The number of rotatable bonds is 9. The van der Waals surface area contributed by atoms with Gasteiger partial charge in [0.25, 0.3) is 0 Å². The molecular formula is C19H16F2O6. The van der Waals surface area contributed by atoms with Crippen molar-refractivity contribution in [1.29, 1.82) is 0 Å². The number of benzene rings is 2. The smallest absolute Gasteiger partial charge is 0.387 e. The third-order valence-corrected chi connectivity index (χ3v) is 3.33. The predicted molar refractivity (Wildman–Crippen MR) is 92.6 cm³/mol. The lowest BCUT2D eigenvalue weighted by Gasteiger charge is -2.10. The van der Waals surface area contributed by atoms with Crippen molar-refractivity contribution < 1.29 is 37.7 Å². The van der Waals surface area contributed by atoms with Crippen LogP contribution in [0.25, 0.3) is 6.08 Å². The minimum atomic E-state index is -2.90. The van der Waals surface area contributed by atoms with Crippen LogP contribution < -0.4 is 14.2 Å². The van der Waals surface area contributed by atoms with Crippen molar-refractivity contribution in [2.75, 3.05) is 13.7 Å². The molecule has 0 saturated carbocycles. The number of ketones is 1. The summed E-state index contributed by atoms with van der Waals surface area (Å²) in [5.74, 6) is -1.01. The molecule has 0 bridgehead atoms. The molecule has 142 valence electrons. The Morgan fingerprint density at radius 3 is 2.41 bits per heavy atom. The number of ether oxygens (including phenoxy) is 3. The summed E-state index contributed by atoms with van der Waals surface area (Å²) in [7, 11) is 1.37. The number of carbonyl (C=O) groups excluding carboxylic acids is 1. The highest BCUT2D eigenvalue weighted by atomic mass is 19.3. The summed E-state index contributed by atoms with van der Waals surface area (Å²) in [6, 6.07) is 10.2. The number of carboxylic acid groups (broad SMARTS) is 1. The van der Waals surface area contributed by atoms with Crippen LogP contribution in [0.4, 0.5) is 8.78 Å². The minimum Gasteiger partial charge on any atom is -0.493 e. The van der Waals surface area contributed by atoms with Crippen molar-refractivity contribution in [2.24, 2.45) is 0 Å². The Kier molecular flexibility index (Phi) is 6.87. The molecule has 0 aliphatic carbocycles. The van der Waals surface area contributed by atoms with Gasteiger partial charge in [0.05, 0.1) is 7.11 Å². The van der Waals surface area contributed by atoms with Gasteiger partial charge in [-0.2, -0.15) is 8.78 Å². The number of methoxy groups -OCH3 is 1. The number of halogens is 2. The summed E-state index contributed by atoms with van der Waals surface area (Å²) in [6.45, 7) is -3.43. The first kappa shape index (κ1) is 19.9. The second kappa shape index (κ2) is 9.33. The van der Waals surface area contributed by atoms with Gasteiger partial charge >= 0.3 is 12.6 Å². The second-order valence-corrected chi connectivity index (χ2v) is 5.19. The van der Waals surface area contributed by atoms with Crippen LogP contribution in [0.15, 0.2) is 48.5 Å². The van der Waals surface area contributed by atoms with Crippen molar-refractivity contribution in [1.82, 2.24) is 0 Å². The maximum absolute atomic E-state index is 12.3. The van der Waals surface area contributed by atoms with E-state index < -0.39 is 19.2 Å². The van der Waals surface area contributed by atoms with Gasteiger partial charge in [0.1, 0.15) is 5.75 Å². The van der Waals surface area contributed by atoms with Gasteiger partial charge in [-0.1, -0.05) is 18.2 Å². The first-order valence-electron chi connectivity index (χ1n) is 7.69. The van der Waals surface area contributed by atoms with Gasteiger partial charge in [-0.15, -0.1) is 0 Å². The fourth-order valence-corrected chi connectivity index (χ4v) is 2.11. The zero-order valence-electron chi connectivity index (χ0n) is 14.2. The van der Waals surface area contributed by atoms with Crippen LogP contribution in [0, 0.1) is 0 Å². The fraction of sp³-hybridized carbons (Fsp3) is 0.158. The molecule has 2 rings (SSSR count). The number of hydrogen-bond acceptors (Lipinski definition) is 5. The number of carboxylic acids is 1. The molecule has 0 heterocycles. The van der Waals surface area contributed by atoms with Gasteiger partial charge in [-0.3, -0.25) is 4.79 Å². The summed E-state index contributed by atoms with van der Waals surface area (Å²) in [4.78, 5) is 22.8. The number of hydrogen-bond donors (Lipinski definition) is 1. The molecule has 0 aliphatic rings. The van der Waals surface area contributed by atoms with Gasteiger partial charge in [0, 0.05) is 5.56 Å². The summed E-state index contributed by atoms with van der Waals surface area (Å²) in [5, 5.41) is 8.65. The third-order valence-electron chi connectivity index (χ3n) is 3.33. The first-order chi connectivity index (χ1) is 12.9. The van der Waals surface area contributed by atoms with Gasteiger partial charge in [0.15, 0.2) is 23.9 Å². The van der Waals surface area contributed by atoms with E-state index in [1.54, 1.807) is 0 Å². The average molecular weight is 378 g/mol. The van der Waals surface area contributed by atoms with Crippen LogP contribution in [-0.4, -0.2) is 37.2 Å². The van der Waals surface area contributed by atoms with Gasteiger partial charge < -0.3 is 19.3 Å². The molecule has 6 nitrogen and oxygen atoms in total. The molecule has 1 N–H and O–H groups in total. The summed E-state index contributed by atoms with van der Waals surface area (Å²) < 4.78 is 38.7. The fourth-order valence-electron chi connectivity index (χ4n) is 2.11. The van der Waals surface area contributed by atoms with Crippen LogP contribution in [0.2, 0.25) is 0 Å². The SMILES string of the molecule is COc1cc(C(=O)C=Cc2ccc(OC(F)F)cc2)ccc1OCC(=O)O. The number of allylic oxidation sites excluding steroid dienone is 1. The van der Waals surface area contributed by atoms with Crippen molar-refractivity contribution in [3.8, 4) is 17.2 Å². The average Bonchev–Trinajstić information content (AvgIpc) is 2.64. The van der Waals surface area contributed by atoms with E-state index in [0.29, 0.717) is 11.1 Å². The van der Waals surface area contributed by atoms with E-state index in [4.69, 9.17) is 14.6 Å². The van der Waals surface area contributed by atoms with Gasteiger partial charge in [0.2, 0.25) is 0 Å². The lowest BCUT2D eigenvalue weighted by atomic mass is 10.1. The largest absolute Gasteiger partial charge is 0.493 e. The molecule has 0 spiro atoms. The molecular weight excluding hydrogens is 362 g/mol. The van der Waals surface area contributed by atoms with E-state index in [1.807, 2.05) is 0 Å². The highest BCUT2D eigenvalue weighted by Gasteiger charge is 2.11. The van der Waals surface area contributed by atoms with Crippen molar-refractivity contribution in [3.63, 3.8) is 0 Å². The van der Waals surface area contributed by atoms with Crippen LogP contribution in [0.5, 0.6) is 17.2 Å². The van der Waals surface area contributed by atoms with Crippen LogP contribution in [0.1, 0.15) is 15.9 Å². The molecule has 0 aliphatic heterocycles. The second-order valence-electron chi connectivity index (χ2n) is 5.19. The van der Waals surface area contributed by atoms with E-state index in [-0.39, 0.29) is 23.0 Å². The molecule has 0 aromatic heterocycles. The maximum atomic E-state index is 12.3. The van der Waals surface area contributed by atoms with E-state index >= 15 is 0 Å². The third kappa shape index (κ3) is 6.10. The number of alkyl halides is 2. The maximum Gasteiger partial charge on any atom is 0.387 e. The topological polar surface area (TPSA) is 82.1 Å². The number of carbonyl (C=O) groups is 2. The Balaban J connectivity index is 2.08. The molecule has 0 saturated heterocycles. The Bertz CT molecular complexity index is 831. The molecule has 0 amide bonds. The Morgan fingerprint density at radius 1 is 1.11 bits per heavy atom. The van der Waals surface area contributed by atoms with E-state index in [1.165, 1.54) is 61.7 Å². The summed E-state index contributed by atoms with van der Waals surface area (Å²) >= 11 is 0. The van der Waals surface area contributed by atoms with E-state index in [2.05, 4.69) is 4.74 Å². The van der Waals surface area contributed by atoms with Crippen LogP contribution >= 0.6 is 0 Å². The molecule has 8 heteroatoms. The van der Waals surface area contributed by atoms with E-state index in [9.17, 15) is 18.4 Å². The lowest BCUT2D eigenvalue weighted by molar-refractivity contribution is -0.139. The van der Waals surface area contributed by atoms with Gasteiger partial charge in [-0.25, -0.2) is 4.79 Å². The molecule has 0 fully saturated rings. The molecule has 2 aromatic carbocycles. The summed E-state index contributed by atoms with van der Waals surface area (Å²) in [6.07, 6.45) is 2.84. The highest BCUT2D eigenvalue weighted by Crippen LogP contribution is 2.28. The highest BCUT2D eigenvalue weighted by molar-refractivity contribution is 6.07.